The molecule has 0 fully saturated rings. The molecule has 7 nitrogen and oxygen atoms in total. The van der Waals surface area contributed by atoms with E-state index in [-0.39, 0.29) is 18.2 Å². The first-order valence-corrected chi connectivity index (χ1v) is 14.9. The number of nitrogens with two attached hydrogens (primary N) is 1. The van der Waals surface area contributed by atoms with E-state index in [1.54, 1.807) is 11.8 Å². The van der Waals surface area contributed by atoms with Gasteiger partial charge in [-0.15, -0.1) is 0 Å². The van der Waals surface area contributed by atoms with E-state index in [0.717, 1.165) is 41.0 Å². The lowest BCUT2D eigenvalue weighted by molar-refractivity contribution is -0.142. The monoisotopic (exact) mass is 541 g/mol. The maximum absolute atomic E-state index is 12.7. The topological polar surface area (TPSA) is 122 Å². The number of rotatable bonds is 17. The largest absolute Gasteiger partial charge is 0.480 e. The number of carbonyl (C=O) groups excluding carboxylic acids is 2. The highest BCUT2D eigenvalue weighted by Gasteiger charge is 2.23. The van der Waals surface area contributed by atoms with Crippen LogP contribution in [-0.4, -0.2) is 47.0 Å². The second-order valence-corrected chi connectivity index (χ2v) is 10.8. The molecule has 2 rings (SSSR count). The van der Waals surface area contributed by atoms with Gasteiger partial charge in [0.2, 0.25) is 11.8 Å². The quantitative estimate of drug-likeness (QED) is 0.197. The molecule has 0 aliphatic heterocycles. The molecule has 2 aromatic carbocycles. The van der Waals surface area contributed by atoms with Crippen LogP contribution in [0.25, 0.3) is 11.1 Å². The van der Waals surface area contributed by atoms with Gasteiger partial charge in [-0.25, -0.2) is 4.79 Å². The van der Waals surface area contributed by atoms with E-state index in [1.807, 2.05) is 61.7 Å². The van der Waals surface area contributed by atoms with Crippen molar-refractivity contribution < 1.29 is 19.5 Å². The molecule has 8 heteroatoms. The molecule has 3 atom stereocenters. The number of amides is 2. The molecule has 0 spiro atoms. The van der Waals surface area contributed by atoms with Gasteiger partial charge in [0.25, 0.3) is 0 Å². The van der Waals surface area contributed by atoms with Crippen molar-refractivity contribution in [3.8, 4) is 11.1 Å². The fraction of sp³-hybridized carbons (Fsp3) is 0.500. The lowest BCUT2D eigenvalue weighted by Gasteiger charge is -2.18. The smallest absolute Gasteiger partial charge is 0.326 e. The van der Waals surface area contributed by atoms with E-state index in [4.69, 9.17) is 5.73 Å². The average molecular weight is 542 g/mol. The van der Waals surface area contributed by atoms with E-state index in [2.05, 4.69) is 17.6 Å². The van der Waals surface area contributed by atoms with Crippen LogP contribution in [0.5, 0.6) is 0 Å². The predicted molar refractivity (Wildman–Crippen MR) is 157 cm³/mol. The van der Waals surface area contributed by atoms with E-state index in [1.165, 1.54) is 25.7 Å². The Bertz CT molecular complexity index is 1030. The molecule has 0 aliphatic rings. The van der Waals surface area contributed by atoms with Crippen LogP contribution in [0.2, 0.25) is 0 Å². The number of hydrogen-bond acceptors (Lipinski definition) is 5. The van der Waals surface area contributed by atoms with Gasteiger partial charge in [0.05, 0.1) is 6.04 Å². The van der Waals surface area contributed by atoms with Gasteiger partial charge in [-0.3, -0.25) is 9.59 Å². The zero-order valence-corrected chi connectivity index (χ0v) is 23.7. The summed E-state index contributed by atoms with van der Waals surface area (Å²) in [6.45, 7) is 4.17. The third kappa shape index (κ3) is 10.9. The van der Waals surface area contributed by atoms with Gasteiger partial charge in [0.15, 0.2) is 0 Å². The molecule has 0 radical (unpaired) electrons. The predicted octanol–water partition coefficient (Wildman–Crippen LogP) is 5.48. The Morgan fingerprint density at radius 2 is 1.66 bits per heavy atom. The van der Waals surface area contributed by atoms with E-state index >= 15 is 0 Å². The Morgan fingerprint density at radius 3 is 2.32 bits per heavy atom. The minimum atomic E-state index is -1.10. The lowest BCUT2D eigenvalue weighted by Crippen LogP contribution is -2.49. The summed E-state index contributed by atoms with van der Waals surface area (Å²) in [6, 6.07) is 13.5. The van der Waals surface area contributed by atoms with E-state index < -0.39 is 24.0 Å². The Balaban J connectivity index is 1.97. The fourth-order valence-corrected chi connectivity index (χ4v) is 4.64. The third-order valence-corrected chi connectivity index (χ3v) is 7.27. The van der Waals surface area contributed by atoms with Crippen LogP contribution in [0.15, 0.2) is 48.5 Å². The lowest BCUT2D eigenvalue weighted by atomic mass is 9.99. The molecule has 0 saturated carbocycles. The highest BCUT2D eigenvalue weighted by atomic mass is 32.2. The minimum Gasteiger partial charge on any atom is -0.480 e. The normalized spacial score (nSPS) is 13.4. The van der Waals surface area contributed by atoms with Crippen LogP contribution in [-0.2, 0) is 20.8 Å². The summed E-state index contributed by atoms with van der Waals surface area (Å²) < 4.78 is 0. The second kappa shape index (κ2) is 16.9. The van der Waals surface area contributed by atoms with Gasteiger partial charge in [0.1, 0.15) is 6.04 Å². The fourth-order valence-electron chi connectivity index (χ4n) is 4.15. The van der Waals surface area contributed by atoms with E-state index in [0.29, 0.717) is 6.42 Å². The van der Waals surface area contributed by atoms with E-state index in [9.17, 15) is 19.5 Å². The highest BCUT2D eigenvalue weighted by molar-refractivity contribution is 7.98. The number of carboxylic acids is 1. The van der Waals surface area contributed by atoms with Gasteiger partial charge in [-0.1, -0.05) is 82.3 Å². The number of carboxylic acid groups (broad SMARTS) is 1. The van der Waals surface area contributed by atoms with Crippen molar-refractivity contribution in [3.05, 3.63) is 54.1 Å². The van der Waals surface area contributed by atoms with Gasteiger partial charge >= 0.3 is 5.97 Å². The molecule has 0 bridgehead atoms. The first kappa shape index (κ1) is 31.4. The molecular formula is C30H43N3O4S. The van der Waals surface area contributed by atoms with Crippen molar-refractivity contribution in [2.24, 2.45) is 11.7 Å². The summed E-state index contributed by atoms with van der Waals surface area (Å²) in [7, 11) is 0. The number of anilines is 1. The highest BCUT2D eigenvalue weighted by Crippen LogP contribution is 2.24. The van der Waals surface area contributed by atoms with Crippen molar-refractivity contribution in [2.45, 2.75) is 77.3 Å². The molecule has 2 aromatic rings. The summed E-state index contributed by atoms with van der Waals surface area (Å²) in [6.07, 6.45) is 9.39. The zero-order chi connectivity index (χ0) is 27.9. The van der Waals surface area contributed by atoms with Crippen LogP contribution in [0.3, 0.4) is 0 Å². The number of benzene rings is 2. The zero-order valence-electron chi connectivity index (χ0n) is 22.9. The number of unbranched alkanes of at least 4 members (excludes halogenated alkanes) is 4. The molecule has 208 valence electrons. The van der Waals surface area contributed by atoms with Crippen LogP contribution < -0.4 is 16.4 Å². The minimum absolute atomic E-state index is 0.0305. The summed E-state index contributed by atoms with van der Waals surface area (Å²) in [5.74, 6) is -0.826. The first-order valence-electron chi connectivity index (χ1n) is 13.5. The number of thioether (sulfide) groups is 1. The summed E-state index contributed by atoms with van der Waals surface area (Å²) in [4.78, 5) is 36.7. The first-order chi connectivity index (χ1) is 18.2. The second-order valence-electron chi connectivity index (χ2n) is 9.86. The van der Waals surface area contributed by atoms with Crippen molar-refractivity contribution in [3.63, 3.8) is 0 Å². The molecule has 0 aromatic heterocycles. The van der Waals surface area contributed by atoms with Crippen molar-refractivity contribution in [1.82, 2.24) is 5.32 Å². The molecular weight excluding hydrogens is 498 g/mol. The molecule has 0 saturated heterocycles. The maximum Gasteiger partial charge on any atom is 0.326 e. The molecule has 2 amide bonds. The van der Waals surface area contributed by atoms with Gasteiger partial charge in [-0.05, 0) is 53.7 Å². The van der Waals surface area contributed by atoms with Crippen LogP contribution in [0.1, 0.15) is 64.4 Å². The Hall–Kier alpha value is -2.84. The Morgan fingerprint density at radius 1 is 0.947 bits per heavy atom. The summed E-state index contributed by atoms with van der Waals surface area (Å²) >= 11 is 1.59. The van der Waals surface area contributed by atoms with Crippen LogP contribution >= 0.6 is 11.8 Å². The van der Waals surface area contributed by atoms with Crippen molar-refractivity contribution >= 4 is 35.2 Å². The van der Waals surface area contributed by atoms with Crippen molar-refractivity contribution in [1.29, 1.82) is 0 Å². The Labute approximate surface area is 231 Å². The van der Waals surface area contributed by atoms with Crippen molar-refractivity contribution in [2.75, 3.05) is 17.3 Å². The summed E-state index contributed by atoms with van der Waals surface area (Å²) in [5.41, 5.74) is 9.32. The standard InChI is InChI=1S/C30H43N3O4S/c1-4-5-6-7-8-10-21(2)28(34)32-25-12-9-11-24(20-25)23-15-13-22(14-16-23)19-27(30(36)37)33-29(35)26(31)17-18-38-3/h9,11-16,20-21,26-27H,4-8,10,17-19,31H2,1-3H3,(H,32,34)(H,33,35)(H,36,37). The summed E-state index contributed by atoms with van der Waals surface area (Å²) in [5, 5.41) is 15.2. The number of hydrogen-bond donors (Lipinski definition) is 4. The van der Waals surface area contributed by atoms with Gasteiger partial charge in [-0.2, -0.15) is 11.8 Å². The van der Waals surface area contributed by atoms with Crippen LogP contribution in [0.4, 0.5) is 5.69 Å². The molecule has 38 heavy (non-hydrogen) atoms. The third-order valence-electron chi connectivity index (χ3n) is 6.63. The maximum atomic E-state index is 12.7. The average Bonchev–Trinajstić information content (AvgIpc) is 2.91. The molecule has 0 heterocycles. The number of carbonyl (C=O) groups is 3. The Kier molecular flexibility index (Phi) is 13.9. The van der Waals surface area contributed by atoms with Gasteiger partial charge < -0.3 is 21.5 Å². The SMILES string of the molecule is CCCCCCCC(C)C(=O)Nc1cccc(-c2ccc(CC(NC(=O)C(N)CCSC)C(=O)O)cc2)c1. The van der Waals surface area contributed by atoms with Crippen LogP contribution in [0, 0.1) is 5.92 Å². The molecule has 0 aliphatic carbocycles. The van der Waals surface area contributed by atoms with Gasteiger partial charge in [0, 0.05) is 18.0 Å². The molecule has 3 unspecified atom stereocenters. The molecule has 5 N–H and O–H groups in total. The number of nitrogens with one attached hydrogen (secondary N) is 2. The number of aliphatic carboxylic acids is 1.